The number of ether oxygens (including phenoxy) is 2. The third-order valence-corrected chi connectivity index (χ3v) is 5.36. The van der Waals surface area contributed by atoms with Crippen LogP contribution in [0.4, 0.5) is 20.3 Å². The van der Waals surface area contributed by atoms with Gasteiger partial charge >= 0.3 is 6.61 Å². The van der Waals surface area contributed by atoms with Gasteiger partial charge in [-0.2, -0.15) is 8.78 Å². The monoisotopic (exact) mass is 420 g/mol. The van der Waals surface area contributed by atoms with Gasteiger partial charge in [-0.3, -0.25) is 14.2 Å². The van der Waals surface area contributed by atoms with Gasteiger partial charge in [0.25, 0.3) is 5.56 Å². The molecule has 2 aliphatic heterocycles. The number of benzene rings is 1. The number of rotatable bonds is 5. The van der Waals surface area contributed by atoms with Crippen LogP contribution < -0.4 is 20.1 Å². The first-order valence-corrected chi connectivity index (χ1v) is 9.71. The van der Waals surface area contributed by atoms with Crippen LogP contribution in [-0.4, -0.2) is 54.9 Å². The maximum atomic E-state index is 13.0. The summed E-state index contributed by atoms with van der Waals surface area (Å²) in [5.41, 5.74) is 0.881. The van der Waals surface area contributed by atoms with Crippen LogP contribution in [-0.2, 0) is 29.4 Å². The minimum Gasteiger partial charge on any atom is -0.434 e. The molecule has 2 aromatic rings. The Morgan fingerprint density at radius 3 is 2.77 bits per heavy atom. The molecular formula is C20H22F2N4O4. The highest BCUT2D eigenvalue weighted by atomic mass is 19.3. The highest BCUT2D eigenvalue weighted by molar-refractivity contribution is 5.96. The van der Waals surface area contributed by atoms with Crippen LogP contribution in [0, 0.1) is 0 Å². The molecule has 0 saturated carbocycles. The predicted molar refractivity (Wildman–Crippen MR) is 105 cm³/mol. The minimum absolute atomic E-state index is 0.0801. The molecule has 0 radical (unpaired) electrons. The molecule has 10 heteroatoms. The van der Waals surface area contributed by atoms with Crippen molar-refractivity contribution in [2.24, 2.45) is 7.05 Å². The Bertz CT molecular complexity index is 1000. The van der Waals surface area contributed by atoms with Gasteiger partial charge in [-0.25, -0.2) is 4.98 Å². The molecule has 0 aliphatic carbocycles. The second kappa shape index (κ2) is 8.39. The van der Waals surface area contributed by atoms with Crippen molar-refractivity contribution in [1.82, 2.24) is 9.55 Å². The fourth-order valence-corrected chi connectivity index (χ4v) is 3.78. The number of carbonyl (C=O) groups is 1. The summed E-state index contributed by atoms with van der Waals surface area (Å²) in [6.07, 6.45) is 0.341. The van der Waals surface area contributed by atoms with Gasteiger partial charge < -0.3 is 19.3 Å². The molecule has 8 nitrogen and oxygen atoms in total. The topological polar surface area (TPSA) is 76.9 Å². The lowest BCUT2D eigenvalue weighted by molar-refractivity contribution is -0.118. The van der Waals surface area contributed by atoms with Crippen LogP contribution in [0.15, 0.2) is 29.1 Å². The first-order valence-electron chi connectivity index (χ1n) is 9.71. The maximum Gasteiger partial charge on any atom is 0.387 e. The van der Waals surface area contributed by atoms with Crippen molar-refractivity contribution in [1.29, 1.82) is 0 Å². The molecule has 3 heterocycles. The molecule has 0 bridgehead atoms. The lowest BCUT2D eigenvalue weighted by Crippen LogP contribution is -2.39. The van der Waals surface area contributed by atoms with Gasteiger partial charge in [-0.1, -0.05) is 6.07 Å². The predicted octanol–water partition coefficient (Wildman–Crippen LogP) is 1.35. The summed E-state index contributed by atoms with van der Waals surface area (Å²) < 4.78 is 36.6. The molecule has 0 spiro atoms. The van der Waals surface area contributed by atoms with Crippen molar-refractivity contribution in [2.75, 3.05) is 42.6 Å². The molecule has 1 amide bonds. The molecule has 160 valence electrons. The summed E-state index contributed by atoms with van der Waals surface area (Å²) in [6, 6.07) is 6.21. The van der Waals surface area contributed by atoms with Crippen LogP contribution in [0.3, 0.4) is 0 Å². The molecule has 2 aliphatic rings. The van der Waals surface area contributed by atoms with Gasteiger partial charge in [0.05, 0.1) is 25.3 Å². The molecule has 1 aromatic heterocycles. The summed E-state index contributed by atoms with van der Waals surface area (Å²) in [4.78, 5) is 33.4. The number of hydrogen-bond acceptors (Lipinski definition) is 6. The smallest absolute Gasteiger partial charge is 0.387 e. The summed E-state index contributed by atoms with van der Waals surface area (Å²) in [5, 5.41) is 0. The van der Waals surface area contributed by atoms with Crippen LogP contribution in [0.1, 0.15) is 11.4 Å². The largest absolute Gasteiger partial charge is 0.434 e. The highest BCUT2D eigenvalue weighted by Crippen LogP contribution is 2.36. The highest BCUT2D eigenvalue weighted by Gasteiger charge is 2.29. The van der Waals surface area contributed by atoms with E-state index in [0.29, 0.717) is 62.2 Å². The van der Waals surface area contributed by atoms with Crippen molar-refractivity contribution < 1.29 is 23.0 Å². The number of fused-ring (bicyclic) bond motifs is 1. The number of hydrogen-bond donors (Lipinski definition) is 0. The standard InChI is InChI=1S/C20H22F2N4O4/c1-24-16(23-17(12-18(24)27)25-7-9-29-10-8-25)11-19(28)26-6-5-13-14(26)3-2-4-15(13)30-20(21)22/h2-4,12,20H,5-11H2,1H3. The zero-order chi connectivity index (χ0) is 21.3. The first-order chi connectivity index (χ1) is 14.4. The lowest BCUT2D eigenvalue weighted by Gasteiger charge is -2.28. The van der Waals surface area contributed by atoms with Crippen LogP contribution in [0.25, 0.3) is 0 Å². The third-order valence-electron chi connectivity index (χ3n) is 5.36. The summed E-state index contributed by atoms with van der Waals surface area (Å²) in [5.74, 6) is 0.697. The van der Waals surface area contributed by atoms with Crippen molar-refractivity contribution in [2.45, 2.75) is 19.5 Å². The Morgan fingerprint density at radius 2 is 2.03 bits per heavy atom. The number of amides is 1. The molecule has 30 heavy (non-hydrogen) atoms. The van der Waals surface area contributed by atoms with E-state index in [1.807, 2.05) is 4.90 Å². The van der Waals surface area contributed by atoms with E-state index in [-0.39, 0.29) is 23.6 Å². The van der Waals surface area contributed by atoms with E-state index in [9.17, 15) is 18.4 Å². The van der Waals surface area contributed by atoms with Gasteiger partial charge in [0.1, 0.15) is 17.4 Å². The Balaban J connectivity index is 1.57. The molecule has 1 fully saturated rings. The van der Waals surface area contributed by atoms with Gasteiger partial charge in [-0.05, 0) is 18.6 Å². The Hall–Kier alpha value is -3.01. The van der Waals surface area contributed by atoms with E-state index in [1.165, 1.54) is 21.6 Å². The van der Waals surface area contributed by atoms with Crippen LogP contribution in [0.5, 0.6) is 5.75 Å². The number of anilines is 2. The van der Waals surface area contributed by atoms with Crippen molar-refractivity contribution in [3.63, 3.8) is 0 Å². The molecule has 0 unspecified atom stereocenters. The summed E-state index contributed by atoms with van der Waals surface area (Å²) >= 11 is 0. The lowest BCUT2D eigenvalue weighted by atomic mass is 10.1. The van der Waals surface area contributed by atoms with Gasteiger partial charge in [0.15, 0.2) is 0 Å². The fourth-order valence-electron chi connectivity index (χ4n) is 3.78. The number of alkyl halides is 2. The van der Waals surface area contributed by atoms with Gasteiger partial charge in [-0.15, -0.1) is 0 Å². The zero-order valence-electron chi connectivity index (χ0n) is 16.5. The zero-order valence-corrected chi connectivity index (χ0v) is 16.5. The normalized spacial score (nSPS) is 16.1. The number of halogens is 2. The number of nitrogens with zero attached hydrogens (tertiary/aromatic N) is 4. The van der Waals surface area contributed by atoms with Gasteiger partial charge in [0.2, 0.25) is 5.91 Å². The average Bonchev–Trinajstić information content (AvgIpc) is 3.17. The Morgan fingerprint density at radius 1 is 1.27 bits per heavy atom. The van der Waals surface area contributed by atoms with Crippen LogP contribution in [0.2, 0.25) is 0 Å². The quantitative estimate of drug-likeness (QED) is 0.727. The molecule has 4 rings (SSSR count). The Kier molecular flexibility index (Phi) is 5.67. The number of aromatic nitrogens is 2. The summed E-state index contributed by atoms with van der Waals surface area (Å²) in [6.45, 7) is -0.213. The van der Waals surface area contributed by atoms with E-state index in [4.69, 9.17) is 4.74 Å². The second-order valence-electron chi connectivity index (χ2n) is 7.13. The van der Waals surface area contributed by atoms with E-state index in [2.05, 4.69) is 9.72 Å². The Labute approximate surface area is 171 Å². The van der Waals surface area contributed by atoms with Crippen molar-refractivity contribution in [3.05, 3.63) is 46.0 Å². The van der Waals surface area contributed by atoms with Crippen LogP contribution >= 0.6 is 0 Å². The fraction of sp³-hybridized carbons (Fsp3) is 0.450. The molecule has 0 N–H and O–H groups in total. The first kappa shape index (κ1) is 20.3. The van der Waals surface area contributed by atoms with Crippen molar-refractivity contribution >= 4 is 17.4 Å². The molecule has 1 aromatic carbocycles. The average molecular weight is 420 g/mol. The van der Waals surface area contributed by atoms with E-state index < -0.39 is 6.61 Å². The summed E-state index contributed by atoms with van der Waals surface area (Å²) in [7, 11) is 1.58. The van der Waals surface area contributed by atoms with Gasteiger partial charge in [0, 0.05) is 38.3 Å². The SMILES string of the molecule is Cn1c(CC(=O)N2CCc3c(OC(F)F)cccc32)nc(N2CCOCC2)cc1=O. The number of carbonyl (C=O) groups excluding carboxylic acids is 1. The third kappa shape index (κ3) is 4.00. The number of morpholine rings is 1. The second-order valence-corrected chi connectivity index (χ2v) is 7.13. The van der Waals surface area contributed by atoms with E-state index in [1.54, 1.807) is 19.2 Å². The molecule has 1 saturated heterocycles. The molecule has 0 atom stereocenters. The van der Waals surface area contributed by atoms with Crippen molar-refractivity contribution in [3.8, 4) is 5.75 Å². The van der Waals surface area contributed by atoms with E-state index in [0.717, 1.165) is 0 Å². The van der Waals surface area contributed by atoms with E-state index >= 15 is 0 Å². The molecular weight excluding hydrogens is 398 g/mol. The maximum absolute atomic E-state index is 13.0. The minimum atomic E-state index is -2.93.